The van der Waals surface area contributed by atoms with Gasteiger partial charge in [-0.05, 0) is 26.9 Å². The fourth-order valence-corrected chi connectivity index (χ4v) is 6.18. The highest BCUT2D eigenvalue weighted by Crippen LogP contribution is 2.28. The van der Waals surface area contributed by atoms with E-state index in [1.165, 1.54) is 0 Å². The van der Waals surface area contributed by atoms with E-state index in [-0.39, 0.29) is 36.0 Å². The number of hydrogen-bond acceptors (Lipinski definition) is 5. The Morgan fingerprint density at radius 3 is 2.20 bits per heavy atom. The van der Waals surface area contributed by atoms with Gasteiger partial charge in [-0.25, -0.2) is 13.2 Å². The summed E-state index contributed by atoms with van der Waals surface area (Å²) in [4.78, 5) is 30.2. The number of nitrogens with zero attached hydrogens (tertiary/aromatic N) is 3. The molecule has 3 rings (SSSR count). The predicted molar refractivity (Wildman–Crippen MR) is 94.0 cm³/mol. The van der Waals surface area contributed by atoms with E-state index < -0.39 is 21.9 Å². The second kappa shape index (κ2) is 7.11. The van der Waals surface area contributed by atoms with Crippen LogP contribution in [0.5, 0.6) is 0 Å². The quantitative estimate of drug-likeness (QED) is 0.722. The summed E-state index contributed by atoms with van der Waals surface area (Å²) in [7, 11) is 0.377. The zero-order chi connectivity index (χ0) is 18.2. The molecular weight excluding hydrogens is 344 g/mol. The second-order valence-corrected chi connectivity index (χ2v) is 9.81. The summed E-state index contributed by atoms with van der Waals surface area (Å²) in [6.07, 6.45) is 4.22. The highest BCUT2D eigenvalue weighted by atomic mass is 32.2. The first-order valence-corrected chi connectivity index (χ1v) is 10.8. The fraction of sp³-hybridized carbons (Fsp3) is 0.875. The minimum Gasteiger partial charge on any atom is -0.335 e. The van der Waals surface area contributed by atoms with Gasteiger partial charge >= 0.3 is 6.03 Å². The highest BCUT2D eigenvalue weighted by Gasteiger charge is 2.49. The molecule has 2 aliphatic heterocycles. The molecular formula is C16H28N4O4S. The molecule has 3 fully saturated rings. The van der Waals surface area contributed by atoms with Crippen LogP contribution in [0.2, 0.25) is 0 Å². The Labute approximate surface area is 149 Å². The van der Waals surface area contributed by atoms with Gasteiger partial charge in [-0.15, -0.1) is 0 Å². The van der Waals surface area contributed by atoms with Crippen molar-refractivity contribution < 1.29 is 18.0 Å². The van der Waals surface area contributed by atoms with Crippen molar-refractivity contribution in [1.29, 1.82) is 0 Å². The topological polar surface area (TPSA) is 90.0 Å². The lowest BCUT2D eigenvalue weighted by molar-refractivity contribution is -0.136. The molecule has 1 saturated carbocycles. The summed E-state index contributed by atoms with van der Waals surface area (Å²) in [5.41, 5.74) is 0. The Kier molecular flexibility index (Phi) is 5.24. The van der Waals surface area contributed by atoms with Crippen LogP contribution in [-0.4, -0.2) is 98.4 Å². The zero-order valence-corrected chi connectivity index (χ0v) is 15.8. The minimum absolute atomic E-state index is 0.0515. The van der Waals surface area contributed by atoms with Crippen LogP contribution in [0.15, 0.2) is 0 Å². The first-order chi connectivity index (χ1) is 11.8. The van der Waals surface area contributed by atoms with Gasteiger partial charge in [-0.3, -0.25) is 4.79 Å². The number of carbonyl (C=O) groups excluding carboxylic acids is 2. The molecule has 2 atom stereocenters. The van der Waals surface area contributed by atoms with Crippen LogP contribution in [0.3, 0.4) is 0 Å². The van der Waals surface area contributed by atoms with Gasteiger partial charge in [0.05, 0.1) is 30.1 Å². The van der Waals surface area contributed by atoms with Gasteiger partial charge in [0, 0.05) is 19.1 Å². The number of likely N-dealkylation sites (N-methyl/N-ethyl adjacent to an activating group) is 1. The van der Waals surface area contributed by atoms with Gasteiger partial charge in [0.1, 0.15) is 0 Å². The molecule has 1 N–H and O–H groups in total. The van der Waals surface area contributed by atoms with Crippen LogP contribution >= 0.6 is 0 Å². The van der Waals surface area contributed by atoms with Crippen LogP contribution in [0, 0.1) is 0 Å². The smallest absolute Gasteiger partial charge is 0.318 e. The van der Waals surface area contributed by atoms with E-state index in [0.717, 1.165) is 25.7 Å². The van der Waals surface area contributed by atoms with Crippen molar-refractivity contribution in [3.63, 3.8) is 0 Å². The van der Waals surface area contributed by atoms with Crippen LogP contribution in [0.25, 0.3) is 0 Å². The molecule has 0 spiro atoms. The normalized spacial score (nSPS) is 29.1. The fourth-order valence-electron chi connectivity index (χ4n) is 4.20. The van der Waals surface area contributed by atoms with Gasteiger partial charge in [-0.1, -0.05) is 12.8 Å². The second-order valence-electron chi connectivity index (χ2n) is 7.66. The van der Waals surface area contributed by atoms with Crippen molar-refractivity contribution in [3.8, 4) is 0 Å². The molecule has 25 heavy (non-hydrogen) atoms. The molecule has 2 saturated heterocycles. The third kappa shape index (κ3) is 4.08. The van der Waals surface area contributed by atoms with E-state index in [9.17, 15) is 18.0 Å². The number of carbonyl (C=O) groups is 2. The summed E-state index contributed by atoms with van der Waals surface area (Å²) in [5.74, 6) is -0.182. The standard InChI is InChI=1S/C16H28N4O4S/c1-18(2)9-15(21)19-7-8-20(14-11-25(23,24)10-13(14)19)16(22)17-12-5-3-4-6-12/h12-14H,3-11H2,1-2H3,(H,17,22)/t13-,14+/m0/s1. The molecule has 0 aromatic carbocycles. The Morgan fingerprint density at radius 1 is 1.04 bits per heavy atom. The van der Waals surface area contributed by atoms with E-state index in [2.05, 4.69) is 5.32 Å². The van der Waals surface area contributed by atoms with E-state index in [4.69, 9.17) is 0 Å². The summed E-state index contributed by atoms with van der Waals surface area (Å²) in [6.45, 7) is 1.02. The molecule has 9 heteroatoms. The van der Waals surface area contributed by atoms with Crippen LogP contribution in [-0.2, 0) is 14.6 Å². The number of hydrogen-bond donors (Lipinski definition) is 1. The van der Waals surface area contributed by atoms with Gasteiger partial charge in [-0.2, -0.15) is 0 Å². The number of fused-ring (bicyclic) bond motifs is 1. The lowest BCUT2D eigenvalue weighted by atomic mass is 10.0. The molecule has 0 bridgehead atoms. The minimum atomic E-state index is -3.25. The van der Waals surface area contributed by atoms with Gasteiger partial charge < -0.3 is 20.0 Å². The average molecular weight is 372 g/mol. The SMILES string of the molecule is CN(C)CC(=O)N1CCN(C(=O)NC2CCCC2)[C@@H]2CS(=O)(=O)C[C@@H]21. The summed E-state index contributed by atoms with van der Waals surface area (Å²) < 4.78 is 24.4. The third-order valence-corrected chi connectivity index (χ3v) is 7.09. The molecule has 0 radical (unpaired) electrons. The molecule has 0 unspecified atom stereocenters. The molecule has 3 amide bonds. The first-order valence-electron chi connectivity index (χ1n) is 8.98. The van der Waals surface area contributed by atoms with Crippen molar-refractivity contribution >= 4 is 21.8 Å². The van der Waals surface area contributed by atoms with Crippen LogP contribution in [0.1, 0.15) is 25.7 Å². The Bertz CT molecular complexity index is 630. The van der Waals surface area contributed by atoms with Crippen molar-refractivity contribution in [2.45, 2.75) is 43.8 Å². The third-order valence-electron chi connectivity index (χ3n) is 5.39. The maximum Gasteiger partial charge on any atom is 0.318 e. The lowest BCUT2D eigenvalue weighted by Crippen LogP contribution is -2.64. The van der Waals surface area contributed by atoms with Crippen molar-refractivity contribution in [2.24, 2.45) is 0 Å². The molecule has 8 nitrogen and oxygen atoms in total. The Morgan fingerprint density at radius 2 is 1.60 bits per heavy atom. The first kappa shape index (κ1) is 18.4. The van der Waals surface area contributed by atoms with E-state index in [0.29, 0.717) is 13.1 Å². The molecule has 0 aromatic heterocycles. The van der Waals surface area contributed by atoms with E-state index >= 15 is 0 Å². The van der Waals surface area contributed by atoms with Gasteiger partial charge in [0.25, 0.3) is 0 Å². The monoisotopic (exact) mass is 372 g/mol. The maximum absolute atomic E-state index is 12.7. The zero-order valence-electron chi connectivity index (χ0n) is 15.0. The average Bonchev–Trinajstić information content (AvgIpc) is 3.10. The Hall–Kier alpha value is -1.35. The highest BCUT2D eigenvalue weighted by molar-refractivity contribution is 7.91. The van der Waals surface area contributed by atoms with Gasteiger partial charge in [0.15, 0.2) is 9.84 Å². The maximum atomic E-state index is 12.7. The largest absolute Gasteiger partial charge is 0.335 e. The van der Waals surface area contributed by atoms with E-state index in [1.807, 2.05) is 14.1 Å². The summed E-state index contributed by atoms with van der Waals surface area (Å²) in [5, 5.41) is 3.05. The number of sulfone groups is 1. The molecule has 142 valence electrons. The number of rotatable bonds is 3. The molecule has 3 aliphatic rings. The predicted octanol–water partition coefficient (Wildman–Crippen LogP) is -0.490. The lowest BCUT2D eigenvalue weighted by Gasteiger charge is -2.44. The number of amides is 3. The number of piperazine rings is 1. The van der Waals surface area contributed by atoms with Gasteiger partial charge in [0.2, 0.25) is 5.91 Å². The van der Waals surface area contributed by atoms with Crippen molar-refractivity contribution in [3.05, 3.63) is 0 Å². The van der Waals surface area contributed by atoms with Crippen molar-refractivity contribution in [2.75, 3.05) is 45.2 Å². The number of urea groups is 1. The molecule has 2 heterocycles. The molecule has 1 aliphatic carbocycles. The van der Waals surface area contributed by atoms with Crippen LogP contribution < -0.4 is 5.32 Å². The Balaban J connectivity index is 1.73. The summed E-state index contributed by atoms with van der Waals surface area (Å²) >= 11 is 0. The van der Waals surface area contributed by atoms with Crippen molar-refractivity contribution in [1.82, 2.24) is 20.0 Å². The van der Waals surface area contributed by atoms with Crippen LogP contribution in [0.4, 0.5) is 4.79 Å². The summed E-state index contributed by atoms with van der Waals surface area (Å²) in [6, 6.07) is -0.858. The molecule has 0 aromatic rings. The van der Waals surface area contributed by atoms with E-state index in [1.54, 1.807) is 14.7 Å². The number of nitrogens with one attached hydrogen (secondary N) is 1.